The second-order valence-corrected chi connectivity index (χ2v) is 7.22. The molecule has 7 heteroatoms. The van der Waals surface area contributed by atoms with Gasteiger partial charge in [0, 0.05) is 5.28 Å². The summed E-state index contributed by atoms with van der Waals surface area (Å²) < 4.78 is 39.5. The van der Waals surface area contributed by atoms with Gasteiger partial charge in [-0.3, -0.25) is 15.3 Å². The summed E-state index contributed by atoms with van der Waals surface area (Å²) in [6.45, 7) is 0.634. The van der Waals surface area contributed by atoms with E-state index in [0.717, 1.165) is 12.5 Å². The number of nitrogens with zero attached hydrogens (tertiary/aromatic N) is 2. The Labute approximate surface area is 132 Å². The predicted molar refractivity (Wildman–Crippen MR) is 78.1 cm³/mol. The fraction of sp³-hybridized carbons (Fsp3) is 0.625. The number of halogens is 3. The maximum atomic E-state index is 13.2. The van der Waals surface area contributed by atoms with Crippen molar-refractivity contribution in [1.82, 2.24) is 5.28 Å². The van der Waals surface area contributed by atoms with Crippen molar-refractivity contribution in [1.29, 1.82) is 0 Å². The third-order valence-corrected chi connectivity index (χ3v) is 5.96. The van der Waals surface area contributed by atoms with Crippen molar-refractivity contribution in [2.45, 2.75) is 43.9 Å². The van der Waals surface area contributed by atoms with Crippen LogP contribution in [0.25, 0.3) is 0 Å². The number of hydrogen-bond acceptors (Lipinski definition) is 4. The Bertz CT molecular complexity index is 656. The summed E-state index contributed by atoms with van der Waals surface area (Å²) in [5, 5.41) is 3.26. The molecule has 1 spiro atoms. The number of nitrogens with one attached hydrogen (secondary N) is 1. The summed E-state index contributed by atoms with van der Waals surface area (Å²) in [7, 11) is 0. The van der Waals surface area contributed by atoms with E-state index in [1.165, 1.54) is 37.0 Å². The van der Waals surface area contributed by atoms with Crippen LogP contribution >= 0.6 is 0 Å². The predicted octanol–water partition coefficient (Wildman–Crippen LogP) is 3.96. The zero-order valence-corrected chi connectivity index (χ0v) is 12.6. The van der Waals surface area contributed by atoms with Gasteiger partial charge in [-0.2, -0.15) is 13.2 Å². The van der Waals surface area contributed by atoms with Gasteiger partial charge in [0.25, 0.3) is 0 Å². The van der Waals surface area contributed by atoms with Crippen LogP contribution in [-0.2, 0) is 11.0 Å². The number of fused-ring (bicyclic) bond motifs is 5. The maximum Gasteiger partial charge on any atom is 0.418 e. The van der Waals surface area contributed by atoms with Crippen LogP contribution in [0.3, 0.4) is 0 Å². The smallest absolute Gasteiger partial charge is 0.274 e. The van der Waals surface area contributed by atoms with E-state index in [4.69, 9.17) is 4.84 Å². The van der Waals surface area contributed by atoms with E-state index in [9.17, 15) is 13.2 Å². The highest BCUT2D eigenvalue weighted by molar-refractivity contribution is 5.77. The summed E-state index contributed by atoms with van der Waals surface area (Å²) >= 11 is 0. The van der Waals surface area contributed by atoms with E-state index >= 15 is 0 Å². The molecule has 2 bridgehead atoms. The topological polar surface area (TPSA) is 27.7 Å². The van der Waals surface area contributed by atoms with E-state index in [0.29, 0.717) is 24.1 Å². The molecule has 4 nitrogen and oxygen atoms in total. The Morgan fingerprint density at radius 3 is 2.61 bits per heavy atom. The molecule has 0 aromatic heterocycles. The van der Waals surface area contributed by atoms with Crippen molar-refractivity contribution in [2.75, 3.05) is 17.0 Å². The summed E-state index contributed by atoms with van der Waals surface area (Å²) in [6, 6.07) is 4.29. The van der Waals surface area contributed by atoms with Crippen LogP contribution in [0.1, 0.15) is 37.7 Å². The first-order valence-electron chi connectivity index (χ1n) is 8.20. The fourth-order valence-electron chi connectivity index (χ4n) is 4.89. The Kier molecular flexibility index (Phi) is 2.62. The Hall–Kier alpha value is -1.47. The van der Waals surface area contributed by atoms with Crippen LogP contribution in [0.15, 0.2) is 18.2 Å². The molecule has 23 heavy (non-hydrogen) atoms. The molecule has 1 atom stereocenters. The zero-order valence-electron chi connectivity index (χ0n) is 12.6. The Morgan fingerprint density at radius 1 is 1.17 bits per heavy atom. The second-order valence-electron chi connectivity index (χ2n) is 7.22. The van der Waals surface area contributed by atoms with E-state index < -0.39 is 11.7 Å². The Morgan fingerprint density at radius 2 is 1.96 bits per heavy atom. The molecule has 4 fully saturated rings. The molecular weight excluding hydrogens is 307 g/mol. The highest BCUT2D eigenvalue weighted by atomic mass is 19.4. The van der Waals surface area contributed by atoms with Crippen molar-refractivity contribution < 1.29 is 18.0 Å². The first-order valence-corrected chi connectivity index (χ1v) is 8.20. The van der Waals surface area contributed by atoms with Gasteiger partial charge in [-0.1, -0.05) is 6.07 Å². The minimum Gasteiger partial charge on any atom is -0.274 e. The van der Waals surface area contributed by atoms with Crippen LogP contribution in [0, 0.1) is 11.8 Å². The van der Waals surface area contributed by atoms with Crippen molar-refractivity contribution >= 4 is 11.4 Å². The van der Waals surface area contributed by atoms with Gasteiger partial charge in [0.2, 0.25) is 0 Å². The molecule has 124 valence electrons. The number of alkyl halides is 3. The molecular formula is C16H18F3N3O. The molecule has 2 aliphatic heterocycles. The van der Waals surface area contributed by atoms with E-state index in [1.807, 2.05) is 5.01 Å². The van der Waals surface area contributed by atoms with Crippen LogP contribution < -0.4 is 10.4 Å². The van der Waals surface area contributed by atoms with E-state index in [-0.39, 0.29) is 11.3 Å². The van der Waals surface area contributed by atoms with Crippen LogP contribution in [0.2, 0.25) is 0 Å². The number of para-hydroxylation sites is 1. The molecule has 1 aromatic rings. The second kappa shape index (κ2) is 4.33. The minimum atomic E-state index is -4.37. The zero-order chi connectivity index (χ0) is 15.8. The van der Waals surface area contributed by atoms with Gasteiger partial charge in [-0.15, -0.1) is 0 Å². The number of anilines is 2. The monoisotopic (exact) mass is 325 g/mol. The summed E-state index contributed by atoms with van der Waals surface area (Å²) in [5.74, 6) is 1.20. The molecule has 3 aliphatic carbocycles. The molecule has 1 aromatic carbocycles. The lowest BCUT2D eigenvalue weighted by atomic mass is 9.62. The van der Waals surface area contributed by atoms with Gasteiger partial charge >= 0.3 is 6.18 Å². The van der Waals surface area contributed by atoms with Gasteiger partial charge < -0.3 is 0 Å². The van der Waals surface area contributed by atoms with Crippen molar-refractivity contribution in [3.05, 3.63) is 23.8 Å². The van der Waals surface area contributed by atoms with Gasteiger partial charge in [0.05, 0.1) is 23.5 Å². The van der Waals surface area contributed by atoms with Gasteiger partial charge in [0.1, 0.15) is 5.60 Å². The van der Waals surface area contributed by atoms with Crippen LogP contribution in [0.5, 0.6) is 0 Å². The average Bonchev–Trinajstić information content (AvgIpc) is 3.01. The standard InChI is InChI=1S/C16H18F3N3O/c17-16(18,19)12-2-1-3-13-14(12)20-22-21(13)9-15(23-22)8-10-4-6-11(15)7-5-10/h1-3,10-11,20H,4-9H2/t10?,11?,15-/m0/s1. The molecule has 5 aliphatic rings. The van der Waals surface area contributed by atoms with Gasteiger partial charge in [-0.25, -0.2) is 0 Å². The lowest BCUT2D eigenvalue weighted by Gasteiger charge is -2.47. The number of hydrogen-bond donors (Lipinski definition) is 1. The largest absolute Gasteiger partial charge is 0.418 e. The molecule has 3 saturated carbocycles. The number of benzene rings is 1. The number of hydrazine groups is 2. The molecule has 6 rings (SSSR count). The van der Waals surface area contributed by atoms with Crippen molar-refractivity contribution in [3.8, 4) is 0 Å². The van der Waals surface area contributed by atoms with E-state index in [1.54, 1.807) is 6.07 Å². The lowest BCUT2D eigenvalue weighted by Crippen LogP contribution is -2.50. The molecule has 0 amide bonds. The van der Waals surface area contributed by atoms with Crippen LogP contribution in [0.4, 0.5) is 24.5 Å². The molecule has 1 saturated heterocycles. The van der Waals surface area contributed by atoms with Gasteiger partial charge in [-0.05, 0) is 56.1 Å². The van der Waals surface area contributed by atoms with E-state index in [2.05, 4.69) is 5.43 Å². The molecule has 0 unspecified atom stereocenters. The maximum absolute atomic E-state index is 13.2. The van der Waals surface area contributed by atoms with Crippen molar-refractivity contribution in [2.24, 2.45) is 11.8 Å². The normalized spacial score (nSPS) is 35.5. The first-order chi connectivity index (χ1) is 11.0. The summed E-state index contributed by atoms with van der Waals surface area (Å²) in [4.78, 5) is 6.18. The SMILES string of the molecule is FC(F)(F)c1cccc2c1NN1O[C@@]3(CC4CCC3CC4)CN21. The quantitative estimate of drug-likeness (QED) is 0.781. The number of rotatable bonds is 0. The lowest BCUT2D eigenvalue weighted by molar-refractivity contribution is -0.225. The van der Waals surface area contributed by atoms with Gasteiger partial charge in [0.15, 0.2) is 0 Å². The summed E-state index contributed by atoms with van der Waals surface area (Å²) in [6.07, 6.45) is 1.50. The average molecular weight is 325 g/mol. The Balaban J connectivity index is 1.50. The third-order valence-electron chi connectivity index (χ3n) is 5.96. The third kappa shape index (κ3) is 1.86. The summed E-state index contributed by atoms with van der Waals surface area (Å²) in [5.41, 5.74) is 2.58. The minimum absolute atomic E-state index is 0.0934. The molecule has 0 radical (unpaired) electrons. The first kappa shape index (κ1) is 13.9. The van der Waals surface area contributed by atoms with Crippen molar-refractivity contribution in [3.63, 3.8) is 0 Å². The fourth-order valence-corrected chi connectivity index (χ4v) is 4.89. The molecule has 2 heterocycles. The highest BCUT2D eigenvalue weighted by Crippen LogP contribution is 2.55. The molecule has 1 N–H and O–H groups in total. The highest BCUT2D eigenvalue weighted by Gasteiger charge is 2.57. The van der Waals surface area contributed by atoms with Crippen LogP contribution in [-0.4, -0.2) is 17.4 Å².